The molecule has 0 saturated heterocycles. The molecule has 1 aliphatic rings. The Bertz CT molecular complexity index is 624. The van der Waals surface area contributed by atoms with Gasteiger partial charge in [0.1, 0.15) is 24.6 Å². The maximum absolute atomic E-state index is 5.51. The fourth-order valence-electron chi connectivity index (χ4n) is 3.06. The summed E-state index contributed by atoms with van der Waals surface area (Å²) in [5.74, 6) is 1.76. The van der Waals surface area contributed by atoms with E-state index < -0.39 is 0 Å². The van der Waals surface area contributed by atoms with Crippen molar-refractivity contribution in [3.05, 3.63) is 59.2 Å². The van der Waals surface area contributed by atoms with E-state index >= 15 is 0 Å². The van der Waals surface area contributed by atoms with Gasteiger partial charge in [-0.15, -0.1) is 0 Å². The molecule has 1 heterocycles. The summed E-state index contributed by atoms with van der Waals surface area (Å²) < 4.78 is 10.8. The molecule has 1 unspecified atom stereocenters. The van der Waals surface area contributed by atoms with Crippen LogP contribution in [-0.2, 0) is 19.5 Å². The Hall–Kier alpha value is -2.00. The molecule has 1 N–H and O–H groups in total. The molecule has 1 atom stereocenters. The van der Waals surface area contributed by atoms with E-state index in [9.17, 15) is 0 Å². The first kappa shape index (κ1) is 14.0. The Labute approximate surface area is 126 Å². The summed E-state index contributed by atoms with van der Waals surface area (Å²) in [6, 6.07) is 14.9. The Morgan fingerprint density at radius 3 is 2.57 bits per heavy atom. The third kappa shape index (κ3) is 3.03. The van der Waals surface area contributed by atoms with Crippen molar-refractivity contribution in [3.8, 4) is 11.5 Å². The second-order valence-electron chi connectivity index (χ2n) is 5.55. The summed E-state index contributed by atoms with van der Waals surface area (Å²) >= 11 is 0. The third-order valence-electron chi connectivity index (χ3n) is 4.24. The van der Waals surface area contributed by atoms with Crippen molar-refractivity contribution in [2.75, 3.05) is 20.8 Å². The number of hydrogen-bond acceptors (Lipinski definition) is 2. The number of rotatable bonds is 4. The van der Waals surface area contributed by atoms with Crippen molar-refractivity contribution in [3.63, 3.8) is 0 Å². The molecular formula is C18H22NO2+. The smallest absolute Gasteiger partial charge is 0.131 e. The number of hydrogen-bond donors (Lipinski definition) is 1. The summed E-state index contributed by atoms with van der Waals surface area (Å²) in [6.07, 6.45) is 1.16. The minimum atomic E-state index is 0.842. The minimum Gasteiger partial charge on any atom is -0.497 e. The van der Waals surface area contributed by atoms with Crippen LogP contribution in [0.4, 0.5) is 0 Å². The normalized spacial score (nSPS) is 17.1. The van der Waals surface area contributed by atoms with E-state index in [0.717, 1.165) is 31.0 Å². The molecule has 0 amide bonds. The zero-order valence-electron chi connectivity index (χ0n) is 12.7. The molecule has 0 aliphatic carbocycles. The maximum Gasteiger partial charge on any atom is 0.131 e. The first-order chi connectivity index (χ1) is 10.3. The molecule has 2 aromatic carbocycles. The van der Waals surface area contributed by atoms with Crippen LogP contribution in [0, 0.1) is 0 Å². The Morgan fingerprint density at radius 2 is 1.81 bits per heavy atom. The Morgan fingerprint density at radius 1 is 1.00 bits per heavy atom. The molecule has 110 valence electrons. The number of quaternary nitrogens is 1. The van der Waals surface area contributed by atoms with Gasteiger partial charge in [-0.3, -0.25) is 0 Å². The first-order valence-electron chi connectivity index (χ1n) is 7.41. The fourth-order valence-corrected chi connectivity index (χ4v) is 3.06. The summed E-state index contributed by atoms with van der Waals surface area (Å²) in [5, 5.41) is 0. The number of fused-ring (bicyclic) bond motifs is 1. The zero-order chi connectivity index (χ0) is 14.7. The molecule has 3 rings (SSSR count). The van der Waals surface area contributed by atoms with Crippen molar-refractivity contribution in [1.82, 2.24) is 0 Å². The molecular weight excluding hydrogens is 262 g/mol. The van der Waals surface area contributed by atoms with E-state index in [2.05, 4.69) is 30.3 Å². The lowest BCUT2D eigenvalue weighted by molar-refractivity contribution is -0.929. The van der Waals surface area contributed by atoms with Gasteiger partial charge in [0, 0.05) is 23.6 Å². The van der Waals surface area contributed by atoms with Crippen LogP contribution in [0.15, 0.2) is 42.5 Å². The molecule has 3 nitrogen and oxygen atoms in total. The molecule has 0 fully saturated rings. The topological polar surface area (TPSA) is 22.9 Å². The van der Waals surface area contributed by atoms with Crippen LogP contribution in [0.3, 0.4) is 0 Å². The van der Waals surface area contributed by atoms with Crippen LogP contribution in [0.2, 0.25) is 0 Å². The lowest BCUT2D eigenvalue weighted by Gasteiger charge is -2.26. The summed E-state index contributed by atoms with van der Waals surface area (Å²) in [4.78, 5) is 1.58. The van der Waals surface area contributed by atoms with E-state index in [1.807, 2.05) is 12.1 Å². The highest BCUT2D eigenvalue weighted by molar-refractivity contribution is 5.40. The predicted octanol–water partition coefficient (Wildman–Crippen LogP) is 1.84. The highest BCUT2D eigenvalue weighted by Gasteiger charge is 2.20. The van der Waals surface area contributed by atoms with Crippen LogP contribution in [-0.4, -0.2) is 20.8 Å². The number of methoxy groups -OCH3 is 2. The van der Waals surface area contributed by atoms with Gasteiger partial charge in [0.25, 0.3) is 0 Å². The van der Waals surface area contributed by atoms with Crippen molar-refractivity contribution >= 4 is 0 Å². The van der Waals surface area contributed by atoms with Gasteiger partial charge in [-0.2, -0.15) is 0 Å². The summed E-state index contributed by atoms with van der Waals surface area (Å²) in [7, 11) is 3.40. The third-order valence-corrected chi connectivity index (χ3v) is 4.24. The van der Waals surface area contributed by atoms with Gasteiger partial charge in [-0.25, -0.2) is 0 Å². The maximum atomic E-state index is 5.51. The van der Waals surface area contributed by atoms with Crippen LogP contribution in [0.5, 0.6) is 11.5 Å². The molecule has 0 spiro atoms. The monoisotopic (exact) mass is 284 g/mol. The molecule has 3 heteroatoms. The molecule has 2 aromatic rings. The summed E-state index contributed by atoms with van der Waals surface area (Å²) in [6.45, 7) is 3.25. The molecule has 0 aromatic heterocycles. The zero-order valence-corrected chi connectivity index (χ0v) is 12.7. The van der Waals surface area contributed by atoms with Crippen LogP contribution < -0.4 is 14.4 Å². The van der Waals surface area contributed by atoms with E-state index in [1.54, 1.807) is 19.1 Å². The quantitative estimate of drug-likeness (QED) is 0.926. The van der Waals surface area contributed by atoms with Crippen LogP contribution >= 0.6 is 0 Å². The van der Waals surface area contributed by atoms with Gasteiger partial charge in [0.05, 0.1) is 20.8 Å². The highest BCUT2D eigenvalue weighted by atomic mass is 16.5. The molecule has 21 heavy (non-hydrogen) atoms. The standard InChI is InChI=1S/C18H21NO2/c1-20-17-8-7-16(18(11-17)21-2)13-19-10-9-14-5-3-4-6-15(14)12-19/h3-8,11H,9-10,12-13H2,1-2H3/p+1. The van der Waals surface area contributed by atoms with Gasteiger partial charge < -0.3 is 14.4 Å². The number of benzene rings is 2. The second kappa shape index (κ2) is 6.19. The Balaban J connectivity index is 1.76. The Kier molecular flexibility index (Phi) is 4.11. The lowest BCUT2D eigenvalue weighted by Crippen LogP contribution is -3.10. The van der Waals surface area contributed by atoms with Crippen molar-refractivity contribution in [2.24, 2.45) is 0 Å². The van der Waals surface area contributed by atoms with Crippen LogP contribution in [0.25, 0.3) is 0 Å². The predicted molar refractivity (Wildman–Crippen MR) is 82.9 cm³/mol. The summed E-state index contributed by atoms with van der Waals surface area (Å²) in [5.41, 5.74) is 4.22. The van der Waals surface area contributed by atoms with Gasteiger partial charge in [0.15, 0.2) is 0 Å². The average Bonchev–Trinajstić information content (AvgIpc) is 2.55. The van der Waals surface area contributed by atoms with Gasteiger partial charge >= 0.3 is 0 Å². The van der Waals surface area contributed by atoms with Crippen LogP contribution in [0.1, 0.15) is 16.7 Å². The molecule has 0 saturated carbocycles. The van der Waals surface area contributed by atoms with E-state index in [0.29, 0.717) is 0 Å². The molecule has 1 aliphatic heterocycles. The number of nitrogens with one attached hydrogen (secondary N) is 1. The van der Waals surface area contributed by atoms with E-state index in [4.69, 9.17) is 9.47 Å². The lowest BCUT2D eigenvalue weighted by atomic mass is 9.99. The largest absolute Gasteiger partial charge is 0.497 e. The first-order valence-corrected chi connectivity index (χ1v) is 7.41. The van der Waals surface area contributed by atoms with Crippen molar-refractivity contribution in [1.29, 1.82) is 0 Å². The van der Waals surface area contributed by atoms with Gasteiger partial charge in [-0.1, -0.05) is 24.3 Å². The molecule has 0 bridgehead atoms. The molecule has 0 radical (unpaired) electrons. The van der Waals surface area contributed by atoms with E-state index in [1.165, 1.54) is 23.2 Å². The SMILES string of the molecule is COc1ccc(C[NH+]2CCc3ccccc3C2)c(OC)c1. The average molecular weight is 284 g/mol. The number of ether oxygens (including phenoxy) is 2. The fraction of sp³-hybridized carbons (Fsp3) is 0.333. The van der Waals surface area contributed by atoms with Gasteiger partial charge in [-0.05, 0) is 17.7 Å². The van der Waals surface area contributed by atoms with Crippen molar-refractivity contribution < 1.29 is 14.4 Å². The van der Waals surface area contributed by atoms with Gasteiger partial charge in [0.2, 0.25) is 0 Å². The second-order valence-corrected chi connectivity index (χ2v) is 5.55. The minimum absolute atomic E-state index is 0.842. The van der Waals surface area contributed by atoms with Crippen molar-refractivity contribution in [2.45, 2.75) is 19.5 Å². The highest BCUT2D eigenvalue weighted by Crippen LogP contribution is 2.24. The van der Waals surface area contributed by atoms with E-state index in [-0.39, 0.29) is 0 Å².